The number of aryl methyl sites for hydroxylation is 1. The first-order chi connectivity index (χ1) is 9.65. The number of rotatable bonds is 5. The predicted octanol–water partition coefficient (Wildman–Crippen LogP) is 4.73. The van der Waals surface area contributed by atoms with Crippen molar-refractivity contribution in [1.29, 1.82) is 0 Å². The van der Waals surface area contributed by atoms with Gasteiger partial charge in [-0.15, -0.1) is 11.6 Å². The van der Waals surface area contributed by atoms with Crippen molar-refractivity contribution in [2.24, 2.45) is 0 Å². The molecular weight excluding hydrogens is 272 g/mol. The zero-order chi connectivity index (χ0) is 14.5. The summed E-state index contributed by atoms with van der Waals surface area (Å²) >= 11 is 6.64. The van der Waals surface area contributed by atoms with Crippen molar-refractivity contribution >= 4 is 11.6 Å². The molecule has 0 saturated carbocycles. The topological polar surface area (TPSA) is 18.5 Å². The maximum absolute atomic E-state index is 6.64. The van der Waals surface area contributed by atoms with Crippen LogP contribution in [0.5, 0.6) is 11.5 Å². The Morgan fingerprint density at radius 3 is 2.65 bits per heavy atom. The van der Waals surface area contributed by atoms with Gasteiger partial charge in [-0.25, -0.2) is 0 Å². The fourth-order valence-corrected chi connectivity index (χ4v) is 2.44. The van der Waals surface area contributed by atoms with Gasteiger partial charge in [-0.2, -0.15) is 0 Å². The highest BCUT2D eigenvalue weighted by atomic mass is 35.5. The molecular formula is C17H19ClO2. The van der Waals surface area contributed by atoms with E-state index < -0.39 is 0 Å². The van der Waals surface area contributed by atoms with E-state index in [1.807, 2.05) is 43.3 Å². The molecule has 0 aliphatic heterocycles. The van der Waals surface area contributed by atoms with Gasteiger partial charge in [0.25, 0.3) is 0 Å². The summed E-state index contributed by atoms with van der Waals surface area (Å²) in [7, 11) is 1.65. The van der Waals surface area contributed by atoms with Crippen molar-refractivity contribution < 1.29 is 9.47 Å². The van der Waals surface area contributed by atoms with Crippen molar-refractivity contribution in [3.05, 3.63) is 59.2 Å². The van der Waals surface area contributed by atoms with Crippen LogP contribution in [0.4, 0.5) is 0 Å². The van der Waals surface area contributed by atoms with E-state index >= 15 is 0 Å². The Labute approximate surface area is 125 Å². The molecule has 106 valence electrons. The van der Waals surface area contributed by atoms with E-state index in [2.05, 4.69) is 13.0 Å². The highest BCUT2D eigenvalue weighted by Gasteiger charge is 2.16. The fraction of sp³-hybridized carbons (Fsp3) is 0.294. The zero-order valence-electron chi connectivity index (χ0n) is 12.0. The van der Waals surface area contributed by atoms with Crippen molar-refractivity contribution in [1.82, 2.24) is 0 Å². The molecule has 0 heterocycles. The second-order valence-corrected chi connectivity index (χ2v) is 5.05. The van der Waals surface area contributed by atoms with E-state index in [1.54, 1.807) is 7.11 Å². The molecule has 0 aliphatic carbocycles. The highest BCUT2D eigenvalue weighted by Crippen LogP contribution is 2.36. The Bertz CT molecular complexity index is 581. The van der Waals surface area contributed by atoms with E-state index in [-0.39, 0.29) is 5.38 Å². The lowest BCUT2D eigenvalue weighted by Crippen LogP contribution is -2.01. The molecule has 2 rings (SSSR count). The van der Waals surface area contributed by atoms with Crippen LogP contribution in [0.15, 0.2) is 42.5 Å². The minimum atomic E-state index is -0.258. The quantitative estimate of drug-likeness (QED) is 0.741. The van der Waals surface area contributed by atoms with Crippen LogP contribution in [0.2, 0.25) is 0 Å². The van der Waals surface area contributed by atoms with E-state index in [9.17, 15) is 0 Å². The fourth-order valence-electron chi connectivity index (χ4n) is 2.13. The van der Waals surface area contributed by atoms with Crippen LogP contribution >= 0.6 is 11.6 Å². The normalized spacial score (nSPS) is 12.0. The number of ether oxygens (including phenoxy) is 2. The van der Waals surface area contributed by atoms with Crippen LogP contribution in [0.25, 0.3) is 0 Å². The second-order valence-electron chi connectivity index (χ2n) is 4.61. The first kappa shape index (κ1) is 14.7. The van der Waals surface area contributed by atoms with Crippen molar-refractivity contribution in [2.75, 3.05) is 13.7 Å². The van der Waals surface area contributed by atoms with Gasteiger partial charge in [0.1, 0.15) is 11.5 Å². The number of alkyl halides is 1. The smallest absolute Gasteiger partial charge is 0.124 e. The maximum atomic E-state index is 6.64. The third-order valence-corrected chi connectivity index (χ3v) is 3.61. The van der Waals surface area contributed by atoms with E-state index in [0.717, 1.165) is 28.2 Å². The maximum Gasteiger partial charge on any atom is 0.124 e. The van der Waals surface area contributed by atoms with Crippen molar-refractivity contribution in [2.45, 2.75) is 19.2 Å². The summed E-state index contributed by atoms with van der Waals surface area (Å²) in [4.78, 5) is 0. The van der Waals surface area contributed by atoms with Crippen LogP contribution in [-0.2, 0) is 0 Å². The molecule has 0 aliphatic rings. The van der Waals surface area contributed by atoms with E-state index in [0.29, 0.717) is 6.61 Å². The minimum absolute atomic E-state index is 0.258. The summed E-state index contributed by atoms with van der Waals surface area (Å²) in [5.74, 6) is 1.64. The molecule has 0 spiro atoms. The summed E-state index contributed by atoms with van der Waals surface area (Å²) < 4.78 is 10.9. The minimum Gasteiger partial charge on any atom is -0.497 e. The van der Waals surface area contributed by atoms with Gasteiger partial charge in [0, 0.05) is 5.56 Å². The third-order valence-electron chi connectivity index (χ3n) is 3.12. The Hall–Kier alpha value is -1.67. The molecule has 0 saturated heterocycles. The molecule has 1 unspecified atom stereocenters. The number of hydrogen-bond acceptors (Lipinski definition) is 2. The summed E-state index contributed by atoms with van der Waals surface area (Å²) in [5.41, 5.74) is 3.15. The van der Waals surface area contributed by atoms with Gasteiger partial charge in [0.15, 0.2) is 0 Å². The van der Waals surface area contributed by atoms with Gasteiger partial charge in [-0.3, -0.25) is 0 Å². The van der Waals surface area contributed by atoms with Crippen LogP contribution in [-0.4, -0.2) is 13.7 Å². The lowest BCUT2D eigenvalue weighted by Gasteiger charge is -2.16. The summed E-state index contributed by atoms with van der Waals surface area (Å²) in [6.45, 7) is 4.64. The monoisotopic (exact) mass is 290 g/mol. The second kappa shape index (κ2) is 6.67. The van der Waals surface area contributed by atoms with Crippen molar-refractivity contribution in [3.63, 3.8) is 0 Å². The van der Waals surface area contributed by atoms with Gasteiger partial charge < -0.3 is 9.47 Å². The van der Waals surface area contributed by atoms with Gasteiger partial charge in [0.2, 0.25) is 0 Å². The standard InChI is InChI=1S/C17H19ClO2/c1-4-20-16-9-8-12(2)10-15(16)17(18)13-6-5-7-14(11-13)19-3/h5-11,17H,4H2,1-3H3. The molecule has 3 heteroatoms. The molecule has 0 radical (unpaired) electrons. The van der Waals surface area contributed by atoms with Crippen LogP contribution in [0.1, 0.15) is 29.0 Å². The number of benzene rings is 2. The number of hydrogen-bond donors (Lipinski definition) is 0. The molecule has 0 aromatic heterocycles. The summed E-state index contributed by atoms with van der Waals surface area (Å²) in [6.07, 6.45) is 0. The Balaban J connectivity index is 2.40. The predicted molar refractivity (Wildman–Crippen MR) is 83.0 cm³/mol. The highest BCUT2D eigenvalue weighted by molar-refractivity contribution is 6.22. The average molecular weight is 291 g/mol. The first-order valence-corrected chi connectivity index (χ1v) is 7.10. The molecule has 1 atom stereocenters. The van der Waals surface area contributed by atoms with Gasteiger partial charge in [0.05, 0.1) is 19.1 Å². The number of halogens is 1. The molecule has 0 N–H and O–H groups in total. The van der Waals surface area contributed by atoms with Crippen LogP contribution in [0, 0.1) is 6.92 Å². The largest absolute Gasteiger partial charge is 0.497 e. The summed E-state index contributed by atoms with van der Waals surface area (Å²) in [6, 6.07) is 13.9. The molecule has 2 nitrogen and oxygen atoms in total. The molecule has 20 heavy (non-hydrogen) atoms. The Morgan fingerprint density at radius 1 is 1.15 bits per heavy atom. The number of methoxy groups -OCH3 is 1. The lowest BCUT2D eigenvalue weighted by molar-refractivity contribution is 0.336. The van der Waals surface area contributed by atoms with Gasteiger partial charge in [-0.05, 0) is 37.6 Å². The van der Waals surface area contributed by atoms with E-state index in [1.165, 1.54) is 0 Å². The Morgan fingerprint density at radius 2 is 1.95 bits per heavy atom. The molecule has 2 aromatic carbocycles. The van der Waals surface area contributed by atoms with Gasteiger partial charge in [-0.1, -0.05) is 29.8 Å². The average Bonchev–Trinajstić information content (AvgIpc) is 2.48. The van der Waals surface area contributed by atoms with E-state index in [4.69, 9.17) is 21.1 Å². The molecule has 0 fully saturated rings. The molecule has 0 bridgehead atoms. The van der Waals surface area contributed by atoms with Crippen molar-refractivity contribution in [3.8, 4) is 11.5 Å². The Kier molecular flexibility index (Phi) is 4.91. The first-order valence-electron chi connectivity index (χ1n) is 6.67. The lowest BCUT2D eigenvalue weighted by atomic mass is 10.0. The molecule has 0 amide bonds. The SMILES string of the molecule is CCOc1ccc(C)cc1C(Cl)c1cccc(OC)c1. The van der Waals surface area contributed by atoms with Crippen LogP contribution in [0.3, 0.4) is 0 Å². The molecule has 2 aromatic rings. The van der Waals surface area contributed by atoms with Crippen LogP contribution < -0.4 is 9.47 Å². The third kappa shape index (κ3) is 3.26. The zero-order valence-corrected chi connectivity index (χ0v) is 12.8. The van der Waals surface area contributed by atoms with Gasteiger partial charge >= 0.3 is 0 Å². The summed E-state index contributed by atoms with van der Waals surface area (Å²) in [5, 5.41) is -0.258.